The first kappa shape index (κ1) is 8.75. The molecule has 0 bridgehead atoms. The number of rotatable bonds is 2. The van der Waals surface area contributed by atoms with Gasteiger partial charge in [-0.15, -0.1) is 0 Å². The van der Waals surface area contributed by atoms with Crippen LogP contribution in [0.15, 0.2) is 0 Å². The number of aromatic amines is 1. The minimum atomic E-state index is -0.283. The van der Waals surface area contributed by atoms with Gasteiger partial charge >= 0.3 is 0 Å². The molecule has 0 amide bonds. The summed E-state index contributed by atoms with van der Waals surface area (Å²) in [5, 5.41) is 16.6. The molecule has 2 N–H and O–H groups in total. The first-order valence-electron chi connectivity index (χ1n) is 5.00. The summed E-state index contributed by atoms with van der Waals surface area (Å²) < 4.78 is 0. The second-order valence-corrected chi connectivity index (χ2v) is 3.89. The summed E-state index contributed by atoms with van der Waals surface area (Å²) in [6, 6.07) is 0. The Bertz CT molecular complexity index is 291. The van der Waals surface area contributed by atoms with Crippen molar-refractivity contribution in [1.29, 1.82) is 0 Å². The van der Waals surface area contributed by atoms with E-state index in [9.17, 15) is 5.11 Å². The van der Waals surface area contributed by atoms with Gasteiger partial charge in [0.15, 0.2) is 0 Å². The highest BCUT2D eigenvalue weighted by molar-refractivity contribution is 5.27. The fourth-order valence-corrected chi connectivity index (χ4v) is 2.00. The number of hydrogen-bond acceptors (Lipinski definition) is 2. The van der Waals surface area contributed by atoms with Crippen molar-refractivity contribution in [3.8, 4) is 0 Å². The van der Waals surface area contributed by atoms with Crippen molar-refractivity contribution in [3.05, 3.63) is 17.0 Å². The molecule has 0 unspecified atom stereocenters. The van der Waals surface area contributed by atoms with Crippen LogP contribution in [0.4, 0.5) is 0 Å². The lowest BCUT2D eigenvalue weighted by molar-refractivity contribution is 0.194. The molecular weight excluding hydrogens is 164 g/mol. The monoisotopic (exact) mass is 180 g/mol. The molecule has 0 fully saturated rings. The fourth-order valence-electron chi connectivity index (χ4n) is 2.00. The van der Waals surface area contributed by atoms with Gasteiger partial charge in [0.05, 0.1) is 11.8 Å². The lowest BCUT2D eigenvalue weighted by Gasteiger charge is -2.11. The first-order valence-corrected chi connectivity index (χ1v) is 5.00. The molecule has 1 atom stereocenters. The summed E-state index contributed by atoms with van der Waals surface area (Å²) in [7, 11) is 0. The normalized spacial score (nSPS) is 18.3. The molecule has 0 aromatic carbocycles. The summed E-state index contributed by atoms with van der Waals surface area (Å²) in [6.07, 6.45) is 5.19. The molecule has 0 radical (unpaired) electrons. The van der Waals surface area contributed by atoms with Crippen LogP contribution >= 0.6 is 0 Å². The number of aliphatic hydroxyl groups excluding tert-OH is 1. The molecule has 0 saturated heterocycles. The largest absolute Gasteiger partial charge is 0.393 e. The molecule has 1 aliphatic rings. The average Bonchev–Trinajstić information content (AvgIpc) is 2.48. The zero-order chi connectivity index (χ0) is 9.26. The van der Waals surface area contributed by atoms with Gasteiger partial charge in [0.2, 0.25) is 0 Å². The smallest absolute Gasteiger partial charge is 0.0682 e. The lowest BCUT2D eigenvalue weighted by atomic mass is 9.94. The van der Waals surface area contributed by atoms with Crippen molar-refractivity contribution in [2.24, 2.45) is 0 Å². The maximum absolute atomic E-state index is 9.27. The maximum atomic E-state index is 9.27. The van der Waals surface area contributed by atoms with E-state index < -0.39 is 0 Å². The number of H-pyrrole nitrogens is 1. The molecular formula is C10H16N2O. The van der Waals surface area contributed by atoms with Crippen molar-refractivity contribution < 1.29 is 5.11 Å². The average molecular weight is 180 g/mol. The van der Waals surface area contributed by atoms with E-state index in [1.165, 1.54) is 24.1 Å². The highest BCUT2D eigenvalue weighted by Crippen LogP contribution is 2.22. The van der Waals surface area contributed by atoms with Crippen molar-refractivity contribution in [2.75, 3.05) is 0 Å². The summed E-state index contributed by atoms with van der Waals surface area (Å²) in [5.41, 5.74) is 3.73. The SMILES string of the molecule is C[C@H](O)Cc1n[nH]c2c1CCCC2. The Morgan fingerprint density at radius 1 is 1.46 bits per heavy atom. The van der Waals surface area contributed by atoms with Gasteiger partial charge in [-0.1, -0.05) is 0 Å². The highest BCUT2D eigenvalue weighted by atomic mass is 16.3. The van der Waals surface area contributed by atoms with Crippen molar-refractivity contribution >= 4 is 0 Å². The maximum Gasteiger partial charge on any atom is 0.0682 e. The van der Waals surface area contributed by atoms with Crippen molar-refractivity contribution in [2.45, 2.75) is 45.1 Å². The Balaban J connectivity index is 2.21. The quantitative estimate of drug-likeness (QED) is 0.718. The van der Waals surface area contributed by atoms with Gasteiger partial charge in [-0.25, -0.2) is 0 Å². The summed E-state index contributed by atoms with van der Waals surface area (Å²) in [4.78, 5) is 0. The molecule has 13 heavy (non-hydrogen) atoms. The predicted molar refractivity (Wildman–Crippen MR) is 50.6 cm³/mol. The summed E-state index contributed by atoms with van der Waals surface area (Å²) in [6.45, 7) is 1.81. The molecule has 3 nitrogen and oxygen atoms in total. The second-order valence-electron chi connectivity index (χ2n) is 3.89. The third-order valence-corrected chi connectivity index (χ3v) is 2.63. The van der Waals surface area contributed by atoms with Crippen LogP contribution in [-0.4, -0.2) is 21.4 Å². The van der Waals surface area contributed by atoms with Crippen LogP contribution in [0.1, 0.15) is 36.7 Å². The predicted octanol–water partition coefficient (Wildman–Crippen LogP) is 1.21. The zero-order valence-electron chi connectivity index (χ0n) is 8.01. The van der Waals surface area contributed by atoms with Gasteiger partial charge < -0.3 is 5.11 Å². The molecule has 2 rings (SSSR count). The Labute approximate surface area is 78.2 Å². The third-order valence-electron chi connectivity index (χ3n) is 2.63. The van der Waals surface area contributed by atoms with E-state index in [0.717, 1.165) is 18.5 Å². The standard InChI is InChI=1S/C10H16N2O/c1-7(13)6-10-8-4-2-3-5-9(8)11-12-10/h7,13H,2-6H2,1H3,(H,11,12)/t7-/m0/s1. The number of aliphatic hydroxyl groups is 1. The van der Waals surface area contributed by atoms with Crippen molar-refractivity contribution in [1.82, 2.24) is 10.2 Å². The summed E-state index contributed by atoms with van der Waals surface area (Å²) in [5.74, 6) is 0. The minimum absolute atomic E-state index is 0.283. The molecule has 0 spiro atoms. The van der Waals surface area contributed by atoms with Crippen LogP contribution in [-0.2, 0) is 19.3 Å². The van der Waals surface area contributed by atoms with Crippen LogP contribution in [0.25, 0.3) is 0 Å². The van der Waals surface area contributed by atoms with Crippen LogP contribution in [0.2, 0.25) is 0 Å². The fraction of sp³-hybridized carbons (Fsp3) is 0.700. The van der Waals surface area contributed by atoms with Crippen LogP contribution in [0.5, 0.6) is 0 Å². The van der Waals surface area contributed by atoms with E-state index in [1.807, 2.05) is 6.92 Å². The molecule has 0 saturated carbocycles. The van der Waals surface area contributed by atoms with Gasteiger partial charge in [0.25, 0.3) is 0 Å². The second kappa shape index (κ2) is 3.50. The van der Waals surface area contributed by atoms with Crippen LogP contribution < -0.4 is 0 Å². The van der Waals surface area contributed by atoms with Gasteiger partial charge in [-0.2, -0.15) is 5.10 Å². The van der Waals surface area contributed by atoms with E-state index in [2.05, 4.69) is 10.2 Å². The van der Waals surface area contributed by atoms with Crippen LogP contribution in [0.3, 0.4) is 0 Å². The highest BCUT2D eigenvalue weighted by Gasteiger charge is 2.17. The third kappa shape index (κ3) is 1.75. The number of fused-ring (bicyclic) bond motifs is 1. The van der Waals surface area contributed by atoms with Crippen LogP contribution in [0, 0.1) is 0 Å². The van der Waals surface area contributed by atoms with Gasteiger partial charge in [0.1, 0.15) is 0 Å². The van der Waals surface area contributed by atoms with E-state index in [-0.39, 0.29) is 6.10 Å². The molecule has 3 heteroatoms. The number of aromatic nitrogens is 2. The molecule has 1 aromatic rings. The molecule has 1 aliphatic carbocycles. The summed E-state index contributed by atoms with van der Waals surface area (Å²) >= 11 is 0. The van der Waals surface area contributed by atoms with E-state index in [0.29, 0.717) is 6.42 Å². The minimum Gasteiger partial charge on any atom is -0.393 e. The Morgan fingerprint density at radius 2 is 2.23 bits per heavy atom. The Kier molecular flexibility index (Phi) is 2.36. The number of hydrogen-bond donors (Lipinski definition) is 2. The Hall–Kier alpha value is -0.830. The molecule has 72 valence electrons. The van der Waals surface area contributed by atoms with E-state index >= 15 is 0 Å². The molecule has 1 heterocycles. The Morgan fingerprint density at radius 3 is 3.00 bits per heavy atom. The van der Waals surface area contributed by atoms with E-state index in [1.54, 1.807) is 0 Å². The van der Waals surface area contributed by atoms with Gasteiger partial charge in [-0.3, -0.25) is 5.10 Å². The zero-order valence-corrected chi connectivity index (χ0v) is 8.01. The number of nitrogens with zero attached hydrogens (tertiary/aromatic N) is 1. The van der Waals surface area contributed by atoms with Gasteiger partial charge in [0, 0.05) is 12.1 Å². The number of aryl methyl sites for hydroxylation is 1. The van der Waals surface area contributed by atoms with Gasteiger partial charge in [-0.05, 0) is 38.2 Å². The van der Waals surface area contributed by atoms with Crippen molar-refractivity contribution in [3.63, 3.8) is 0 Å². The number of nitrogens with one attached hydrogen (secondary N) is 1. The lowest BCUT2D eigenvalue weighted by Crippen LogP contribution is -2.08. The molecule has 1 aromatic heterocycles. The molecule has 0 aliphatic heterocycles. The first-order chi connectivity index (χ1) is 6.27. The van der Waals surface area contributed by atoms with E-state index in [4.69, 9.17) is 0 Å². The topological polar surface area (TPSA) is 48.9 Å².